The molecule has 3 rings (SSSR count). The number of hydrogen-bond donors (Lipinski definition) is 2. The van der Waals surface area contributed by atoms with Crippen LogP contribution in [0.2, 0.25) is 0 Å². The monoisotopic (exact) mass is 332 g/mol. The molecular formula is C18H21ClN2O2. The largest absolute Gasteiger partial charge is 0.494 e. The van der Waals surface area contributed by atoms with Crippen LogP contribution in [0.25, 0.3) is 0 Å². The average molecular weight is 333 g/mol. The van der Waals surface area contributed by atoms with E-state index in [2.05, 4.69) is 17.6 Å². The van der Waals surface area contributed by atoms with E-state index in [1.807, 2.05) is 42.5 Å². The molecule has 0 saturated heterocycles. The second-order valence-electron chi connectivity index (χ2n) is 5.38. The van der Waals surface area contributed by atoms with E-state index in [0.717, 1.165) is 36.5 Å². The van der Waals surface area contributed by atoms with Crippen molar-refractivity contribution in [1.82, 2.24) is 0 Å². The van der Waals surface area contributed by atoms with Gasteiger partial charge in [0.15, 0.2) is 0 Å². The summed E-state index contributed by atoms with van der Waals surface area (Å²) in [6.45, 7) is 3.68. The standard InChI is InChI=1S/C18H20N2O2.ClH/c1-2-10-22-16-5-3-4-15(12-16)20-18(21)14-6-7-17-13(11-14)8-9-19-17;/h3-7,11-12,19H,2,8-10H2,1H3,(H,20,21);1H. The summed E-state index contributed by atoms with van der Waals surface area (Å²) in [6.07, 6.45) is 1.93. The van der Waals surface area contributed by atoms with Crippen LogP contribution in [0.15, 0.2) is 42.5 Å². The zero-order valence-corrected chi connectivity index (χ0v) is 13.9. The van der Waals surface area contributed by atoms with E-state index in [4.69, 9.17) is 4.74 Å². The summed E-state index contributed by atoms with van der Waals surface area (Å²) in [6, 6.07) is 13.3. The lowest BCUT2D eigenvalue weighted by atomic mass is 10.1. The first-order chi connectivity index (χ1) is 10.8. The maximum atomic E-state index is 12.4. The van der Waals surface area contributed by atoms with Crippen molar-refractivity contribution in [2.75, 3.05) is 23.8 Å². The van der Waals surface area contributed by atoms with Crippen LogP contribution in [-0.2, 0) is 6.42 Å². The summed E-state index contributed by atoms with van der Waals surface area (Å²) in [5.74, 6) is 0.681. The van der Waals surface area contributed by atoms with Crippen molar-refractivity contribution in [1.29, 1.82) is 0 Å². The fourth-order valence-electron chi connectivity index (χ4n) is 2.53. The Hall–Kier alpha value is -2.20. The predicted molar refractivity (Wildman–Crippen MR) is 96.1 cm³/mol. The minimum Gasteiger partial charge on any atom is -0.494 e. The molecule has 0 unspecified atom stereocenters. The minimum atomic E-state index is -0.0951. The second-order valence-corrected chi connectivity index (χ2v) is 5.38. The van der Waals surface area contributed by atoms with Gasteiger partial charge in [-0.3, -0.25) is 4.79 Å². The summed E-state index contributed by atoms with van der Waals surface area (Å²) in [4.78, 5) is 12.4. The average Bonchev–Trinajstić information content (AvgIpc) is 3.00. The summed E-state index contributed by atoms with van der Waals surface area (Å²) >= 11 is 0. The maximum absolute atomic E-state index is 12.4. The highest BCUT2D eigenvalue weighted by Gasteiger charge is 2.13. The Bertz CT molecular complexity index is 688. The van der Waals surface area contributed by atoms with Gasteiger partial charge in [0.25, 0.3) is 5.91 Å². The van der Waals surface area contributed by atoms with Crippen molar-refractivity contribution < 1.29 is 9.53 Å². The van der Waals surface area contributed by atoms with Crippen LogP contribution in [0.1, 0.15) is 29.3 Å². The van der Waals surface area contributed by atoms with E-state index in [1.165, 1.54) is 5.56 Å². The first-order valence-electron chi connectivity index (χ1n) is 7.67. The lowest BCUT2D eigenvalue weighted by Gasteiger charge is -2.09. The molecule has 5 heteroatoms. The highest BCUT2D eigenvalue weighted by Crippen LogP contribution is 2.24. The van der Waals surface area contributed by atoms with Gasteiger partial charge in [0.05, 0.1) is 6.61 Å². The topological polar surface area (TPSA) is 50.4 Å². The molecular weight excluding hydrogens is 312 g/mol. The number of fused-ring (bicyclic) bond motifs is 1. The first-order valence-corrected chi connectivity index (χ1v) is 7.67. The van der Waals surface area contributed by atoms with Crippen molar-refractivity contribution in [3.8, 4) is 5.75 Å². The van der Waals surface area contributed by atoms with Crippen LogP contribution in [0.5, 0.6) is 5.75 Å². The van der Waals surface area contributed by atoms with Gasteiger partial charge in [0, 0.05) is 29.5 Å². The van der Waals surface area contributed by atoms with Gasteiger partial charge < -0.3 is 15.4 Å². The number of halogens is 1. The number of benzene rings is 2. The number of ether oxygens (including phenoxy) is 1. The molecule has 1 aliphatic heterocycles. The van der Waals surface area contributed by atoms with E-state index in [-0.39, 0.29) is 18.3 Å². The number of carbonyl (C=O) groups is 1. The lowest BCUT2D eigenvalue weighted by Crippen LogP contribution is -2.12. The van der Waals surface area contributed by atoms with Gasteiger partial charge >= 0.3 is 0 Å². The first kappa shape index (κ1) is 17.2. The van der Waals surface area contributed by atoms with Crippen LogP contribution in [-0.4, -0.2) is 19.1 Å². The summed E-state index contributed by atoms with van der Waals surface area (Å²) in [7, 11) is 0. The SMILES string of the molecule is CCCOc1cccc(NC(=O)c2ccc3c(c2)CCN3)c1.Cl. The molecule has 1 heterocycles. The third kappa shape index (κ3) is 4.17. The molecule has 2 N–H and O–H groups in total. The molecule has 2 aromatic carbocycles. The molecule has 1 aliphatic rings. The van der Waals surface area contributed by atoms with Crippen molar-refractivity contribution >= 4 is 29.7 Å². The quantitative estimate of drug-likeness (QED) is 0.866. The Kier molecular flexibility index (Phi) is 5.88. The molecule has 1 amide bonds. The van der Waals surface area contributed by atoms with Crippen LogP contribution >= 0.6 is 12.4 Å². The molecule has 2 aromatic rings. The highest BCUT2D eigenvalue weighted by atomic mass is 35.5. The van der Waals surface area contributed by atoms with E-state index in [1.54, 1.807) is 0 Å². The molecule has 4 nitrogen and oxygen atoms in total. The Balaban J connectivity index is 0.00000192. The number of carbonyl (C=O) groups excluding carboxylic acids is 1. The van der Waals surface area contributed by atoms with Crippen LogP contribution in [0.3, 0.4) is 0 Å². The van der Waals surface area contributed by atoms with Crippen molar-refractivity contribution in [3.05, 3.63) is 53.6 Å². The molecule has 0 fully saturated rings. The molecule has 122 valence electrons. The molecule has 0 bridgehead atoms. The Morgan fingerprint density at radius 3 is 2.96 bits per heavy atom. The lowest BCUT2D eigenvalue weighted by molar-refractivity contribution is 0.102. The molecule has 23 heavy (non-hydrogen) atoms. The Labute approximate surface area is 142 Å². The van der Waals surface area contributed by atoms with E-state index < -0.39 is 0 Å². The van der Waals surface area contributed by atoms with Crippen molar-refractivity contribution in [2.24, 2.45) is 0 Å². The van der Waals surface area contributed by atoms with Gasteiger partial charge in [-0.2, -0.15) is 0 Å². The van der Waals surface area contributed by atoms with Crippen molar-refractivity contribution in [2.45, 2.75) is 19.8 Å². The third-order valence-electron chi connectivity index (χ3n) is 3.64. The number of hydrogen-bond acceptors (Lipinski definition) is 3. The fourth-order valence-corrected chi connectivity index (χ4v) is 2.53. The molecule has 0 aromatic heterocycles. The van der Waals surface area contributed by atoms with Crippen molar-refractivity contribution in [3.63, 3.8) is 0 Å². The van der Waals surface area contributed by atoms with Gasteiger partial charge in [-0.05, 0) is 48.7 Å². The molecule has 0 spiro atoms. The zero-order valence-electron chi connectivity index (χ0n) is 13.1. The maximum Gasteiger partial charge on any atom is 0.255 e. The fraction of sp³-hybridized carbons (Fsp3) is 0.278. The normalized spacial score (nSPS) is 11.9. The number of rotatable bonds is 5. The smallest absolute Gasteiger partial charge is 0.255 e. The molecule has 0 saturated carbocycles. The van der Waals surface area contributed by atoms with Crippen LogP contribution in [0.4, 0.5) is 11.4 Å². The summed E-state index contributed by atoms with van der Waals surface area (Å²) in [5, 5.41) is 6.22. The Morgan fingerprint density at radius 2 is 2.13 bits per heavy atom. The minimum absolute atomic E-state index is 0. The predicted octanol–water partition coefficient (Wildman–Crippen LogP) is 4.12. The van der Waals surface area contributed by atoms with Gasteiger partial charge in [0.1, 0.15) is 5.75 Å². The highest BCUT2D eigenvalue weighted by molar-refractivity contribution is 6.04. The van der Waals surface area contributed by atoms with Gasteiger partial charge in [-0.15, -0.1) is 12.4 Å². The molecule has 0 aliphatic carbocycles. The van der Waals surface area contributed by atoms with E-state index >= 15 is 0 Å². The van der Waals surface area contributed by atoms with Gasteiger partial charge in [0.2, 0.25) is 0 Å². The number of anilines is 2. The van der Waals surface area contributed by atoms with Crippen LogP contribution in [0, 0.1) is 0 Å². The summed E-state index contributed by atoms with van der Waals surface area (Å²) < 4.78 is 5.58. The number of amides is 1. The van der Waals surface area contributed by atoms with Gasteiger partial charge in [-0.1, -0.05) is 13.0 Å². The Morgan fingerprint density at radius 1 is 1.26 bits per heavy atom. The summed E-state index contributed by atoms with van der Waals surface area (Å²) in [5.41, 5.74) is 3.76. The second kappa shape index (κ2) is 7.88. The van der Waals surface area contributed by atoms with Gasteiger partial charge in [-0.25, -0.2) is 0 Å². The third-order valence-corrected chi connectivity index (χ3v) is 3.64. The van der Waals surface area contributed by atoms with E-state index in [0.29, 0.717) is 12.2 Å². The number of nitrogens with one attached hydrogen (secondary N) is 2. The van der Waals surface area contributed by atoms with Crippen LogP contribution < -0.4 is 15.4 Å². The van der Waals surface area contributed by atoms with E-state index in [9.17, 15) is 4.79 Å². The molecule has 0 radical (unpaired) electrons. The molecule has 0 atom stereocenters. The zero-order chi connectivity index (χ0) is 15.4.